The van der Waals surface area contributed by atoms with Gasteiger partial charge in [-0.2, -0.15) is 18.3 Å². The van der Waals surface area contributed by atoms with Crippen LogP contribution in [0.4, 0.5) is 13.2 Å². The summed E-state index contributed by atoms with van der Waals surface area (Å²) in [5, 5.41) is 6.36. The summed E-state index contributed by atoms with van der Waals surface area (Å²) in [5.74, 6) is -0.976. The zero-order valence-electron chi connectivity index (χ0n) is 16.9. The van der Waals surface area contributed by atoms with Crippen LogP contribution < -0.4 is 5.32 Å². The minimum absolute atomic E-state index is 0.0553. The van der Waals surface area contributed by atoms with Crippen molar-refractivity contribution in [2.75, 3.05) is 14.1 Å². The number of sulfonamides is 1. The third-order valence-electron chi connectivity index (χ3n) is 4.49. The van der Waals surface area contributed by atoms with Gasteiger partial charge in [-0.05, 0) is 35.9 Å². The maximum Gasteiger partial charge on any atom is 0.434 e. The van der Waals surface area contributed by atoms with Gasteiger partial charge in [0.25, 0.3) is 5.91 Å². The fraction of sp³-hybridized carbons (Fsp3) is 0.200. The SMILES string of the molecule is CN(C)S(=O)(=O)c1ccc(CNC(=O)c2cnn(-c3cccc(Cl)c3)c2C(F)(F)F)cc1. The molecule has 1 heterocycles. The van der Waals surface area contributed by atoms with Crippen LogP contribution in [0.15, 0.2) is 59.6 Å². The Kier molecular flexibility index (Phi) is 6.63. The summed E-state index contributed by atoms with van der Waals surface area (Å²) in [7, 11) is -0.828. The number of alkyl halides is 3. The van der Waals surface area contributed by atoms with Crippen molar-refractivity contribution in [1.82, 2.24) is 19.4 Å². The molecular formula is C20H18ClF3N4O3S. The van der Waals surface area contributed by atoms with E-state index in [9.17, 15) is 26.4 Å². The van der Waals surface area contributed by atoms with Gasteiger partial charge in [-0.25, -0.2) is 17.4 Å². The summed E-state index contributed by atoms with van der Waals surface area (Å²) in [6.07, 6.45) is -4.01. The number of benzene rings is 2. The van der Waals surface area contributed by atoms with Crippen molar-refractivity contribution in [2.24, 2.45) is 0 Å². The Morgan fingerprint density at radius 1 is 1.16 bits per heavy atom. The Bertz CT molecular complexity index is 1240. The van der Waals surface area contributed by atoms with Gasteiger partial charge >= 0.3 is 6.18 Å². The van der Waals surface area contributed by atoms with Crippen LogP contribution in [0.5, 0.6) is 0 Å². The van der Waals surface area contributed by atoms with Crippen molar-refractivity contribution in [3.8, 4) is 5.69 Å². The minimum Gasteiger partial charge on any atom is -0.348 e. The number of nitrogens with zero attached hydrogens (tertiary/aromatic N) is 3. The zero-order chi connectivity index (χ0) is 23.7. The molecule has 0 aliphatic carbocycles. The van der Waals surface area contributed by atoms with Crippen molar-refractivity contribution in [1.29, 1.82) is 0 Å². The molecule has 0 aliphatic heterocycles. The van der Waals surface area contributed by atoms with Crippen LogP contribution in [0.3, 0.4) is 0 Å². The molecule has 0 fully saturated rings. The summed E-state index contributed by atoms with van der Waals surface area (Å²) in [4.78, 5) is 12.6. The number of amides is 1. The quantitative estimate of drug-likeness (QED) is 0.575. The molecule has 7 nitrogen and oxygen atoms in total. The van der Waals surface area contributed by atoms with Gasteiger partial charge in [0.2, 0.25) is 10.0 Å². The number of carbonyl (C=O) groups excluding carboxylic acids is 1. The monoisotopic (exact) mass is 486 g/mol. The molecule has 0 radical (unpaired) electrons. The van der Waals surface area contributed by atoms with E-state index in [1.807, 2.05) is 0 Å². The maximum atomic E-state index is 13.7. The molecule has 2 aromatic carbocycles. The maximum absolute atomic E-state index is 13.7. The van der Waals surface area contributed by atoms with E-state index in [4.69, 9.17) is 11.6 Å². The second-order valence-corrected chi connectivity index (χ2v) is 9.50. The number of hydrogen-bond acceptors (Lipinski definition) is 4. The van der Waals surface area contributed by atoms with E-state index in [0.717, 1.165) is 10.5 Å². The Labute approximate surface area is 187 Å². The van der Waals surface area contributed by atoms with E-state index in [-0.39, 0.29) is 22.2 Å². The Morgan fingerprint density at radius 3 is 2.38 bits per heavy atom. The second kappa shape index (κ2) is 8.93. The number of halogens is 4. The molecule has 0 saturated carbocycles. The lowest BCUT2D eigenvalue weighted by Gasteiger charge is -2.13. The first-order valence-corrected chi connectivity index (χ1v) is 10.9. The van der Waals surface area contributed by atoms with E-state index in [1.165, 1.54) is 62.6 Å². The summed E-state index contributed by atoms with van der Waals surface area (Å²) in [5.41, 5.74) is -1.32. The molecule has 1 amide bonds. The number of aromatic nitrogens is 2. The minimum atomic E-state index is -4.85. The van der Waals surface area contributed by atoms with Crippen molar-refractivity contribution in [3.05, 3.63) is 76.6 Å². The first kappa shape index (κ1) is 23.8. The molecule has 0 spiro atoms. The molecule has 1 N–H and O–H groups in total. The van der Waals surface area contributed by atoms with E-state index in [0.29, 0.717) is 10.2 Å². The van der Waals surface area contributed by atoms with Crippen LogP contribution in [0.25, 0.3) is 5.69 Å². The first-order valence-electron chi connectivity index (χ1n) is 9.12. The standard InChI is InChI=1S/C20H18ClF3N4O3S/c1-27(2)32(30,31)16-8-6-13(7-9-16)11-25-19(29)17-12-26-28(18(17)20(22,23)24)15-5-3-4-14(21)10-15/h3-10,12H,11H2,1-2H3,(H,25,29). The highest BCUT2D eigenvalue weighted by Crippen LogP contribution is 2.34. The first-order chi connectivity index (χ1) is 14.9. The van der Waals surface area contributed by atoms with Crippen LogP contribution >= 0.6 is 11.6 Å². The zero-order valence-corrected chi connectivity index (χ0v) is 18.5. The lowest BCUT2D eigenvalue weighted by atomic mass is 10.2. The highest BCUT2D eigenvalue weighted by atomic mass is 35.5. The third kappa shape index (κ3) is 4.95. The predicted octanol–water partition coefficient (Wildman–Crippen LogP) is 3.72. The van der Waals surface area contributed by atoms with Gasteiger partial charge in [0, 0.05) is 25.7 Å². The molecule has 0 unspecified atom stereocenters. The highest BCUT2D eigenvalue weighted by molar-refractivity contribution is 7.89. The van der Waals surface area contributed by atoms with Crippen LogP contribution in [-0.2, 0) is 22.7 Å². The summed E-state index contributed by atoms with van der Waals surface area (Å²) >= 11 is 5.86. The van der Waals surface area contributed by atoms with Gasteiger partial charge < -0.3 is 5.32 Å². The average molecular weight is 487 g/mol. The number of rotatable bonds is 6. The normalized spacial score (nSPS) is 12.2. The van der Waals surface area contributed by atoms with Crippen molar-refractivity contribution < 1.29 is 26.4 Å². The van der Waals surface area contributed by atoms with Gasteiger partial charge in [0.15, 0.2) is 5.69 Å². The Balaban J connectivity index is 1.83. The molecule has 0 bridgehead atoms. The van der Waals surface area contributed by atoms with Gasteiger partial charge in [0.1, 0.15) is 0 Å². The van der Waals surface area contributed by atoms with E-state index in [2.05, 4.69) is 10.4 Å². The predicted molar refractivity (Wildman–Crippen MR) is 112 cm³/mol. The topological polar surface area (TPSA) is 84.3 Å². The average Bonchev–Trinajstić information content (AvgIpc) is 3.18. The largest absolute Gasteiger partial charge is 0.434 e. The lowest BCUT2D eigenvalue weighted by Crippen LogP contribution is -2.26. The van der Waals surface area contributed by atoms with Gasteiger partial charge in [0.05, 0.1) is 22.3 Å². The molecule has 32 heavy (non-hydrogen) atoms. The van der Waals surface area contributed by atoms with Crippen LogP contribution in [-0.4, -0.2) is 42.5 Å². The van der Waals surface area contributed by atoms with E-state index in [1.54, 1.807) is 0 Å². The molecular weight excluding hydrogens is 469 g/mol. The third-order valence-corrected chi connectivity index (χ3v) is 6.55. The fourth-order valence-corrected chi connectivity index (χ4v) is 3.94. The van der Waals surface area contributed by atoms with Crippen molar-refractivity contribution >= 4 is 27.5 Å². The fourth-order valence-electron chi connectivity index (χ4n) is 2.86. The number of hydrogen-bond donors (Lipinski definition) is 1. The molecule has 3 aromatic rings. The molecule has 12 heteroatoms. The Hall–Kier alpha value is -2.89. The number of nitrogens with one attached hydrogen (secondary N) is 1. The molecule has 170 valence electrons. The smallest absolute Gasteiger partial charge is 0.348 e. The molecule has 3 rings (SSSR count). The van der Waals surface area contributed by atoms with E-state index >= 15 is 0 Å². The Morgan fingerprint density at radius 2 is 1.81 bits per heavy atom. The van der Waals surface area contributed by atoms with Crippen molar-refractivity contribution in [3.63, 3.8) is 0 Å². The second-order valence-electron chi connectivity index (χ2n) is 6.91. The molecule has 0 atom stereocenters. The summed E-state index contributed by atoms with van der Waals surface area (Å²) in [6.45, 7) is -0.110. The molecule has 0 saturated heterocycles. The van der Waals surface area contributed by atoms with Gasteiger partial charge in [-0.1, -0.05) is 29.8 Å². The van der Waals surface area contributed by atoms with Crippen LogP contribution in [0.1, 0.15) is 21.6 Å². The van der Waals surface area contributed by atoms with Gasteiger partial charge in [-0.15, -0.1) is 0 Å². The highest BCUT2D eigenvalue weighted by Gasteiger charge is 2.40. The van der Waals surface area contributed by atoms with Crippen LogP contribution in [0, 0.1) is 0 Å². The molecule has 1 aromatic heterocycles. The lowest BCUT2D eigenvalue weighted by molar-refractivity contribution is -0.143. The van der Waals surface area contributed by atoms with Crippen LogP contribution in [0.2, 0.25) is 5.02 Å². The summed E-state index contributed by atoms with van der Waals surface area (Å²) in [6, 6.07) is 11.3. The number of carbonyl (C=O) groups is 1. The van der Waals surface area contributed by atoms with E-state index < -0.39 is 33.4 Å². The summed E-state index contributed by atoms with van der Waals surface area (Å²) < 4.78 is 67.1. The molecule has 0 aliphatic rings. The van der Waals surface area contributed by atoms with Gasteiger partial charge in [-0.3, -0.25) is 4.79 Å². The van der Waals surface area contributed by atoms with Crippen molar-refractivity contribution in [2.45, 2.75) is 17.6 Å².